The van der Waals surface area contributed by atoms with Crippen molar-refractivity contribution in [3.8, 4) is 16.9 Å². The highest BCUT2D eigenvalue weighted by atomic mass is 35.5. The molecule has 2 N–H and O–H groups in total. The van der Waals surface area contributed by atoms with E-state index in [0.29, 0.717) is 27.6 Å². The summed E-state index contributed by atoms with van der Waals surface area (Å²) in [6, 6.07) is 9.91. The summed E-state index contributed by atoms with van der Waals surface area (Å²) >= 11 is 6.05. The van der Waals surface area contributed by atoms with Crippen LogP contribution >= 0.6 is 11.6 Å². The molecular formula is C15H12ClN3O2. The van der Waals surface area contributed by atoms with Crippen molar-refractivity contribution >= 4 is 23.1 Å². The number of nitrogens with one attached hydrogen (secondary N) is 1. The lowest BCUT2D eigenvalue weighted by atomic mass is 10.1. The topological polar surface area (TPSA) is 66.6 Å². The summed E-state index contributed by atoms with van der Waals surface area (Å²) in [5, 5.41) is 13.0. The second kappa shape index (κ2) is 5.10. The van der Waals surface area contributed by atoms with Crippen molar-refractivity contribution in [1.82, 2.24) is 9.38 Å². The number of halogens is 1. The van der Waals surface area contributed by atoms with E-state index in [4.69, 9.17) is 11.6 Å². The molecule has 0 aliphatic rings. The fourth-order valence-corrected chi connectivity index (χ4v) is 2.44. The largest absolute Gasteiger partial charge is 0.508 e. The molecular weight excluding hydrogens is 290 g/mol. The van der Waals surface area contributed by atoms with Crippen molar-refractivity contribution < 1.29 is 5.11 Å². The number of nitrogens with zero attached hydrogens (tertiary/aromatic N) is 2. The normalized spacial score (nSPS) is 10.8. The third-order valence-electron chi connectivity index (χ3n) is 3.18. The van der Waals surface area contributed by atoms with Crippen molar-refractivity contribution in [2.24, 2.45) is 0 Å². The van der Waals surface area contributed by atoms with Gasteiger partial charge in [0, 0.05) is 18.3 Å². The van der Waals surface area contributed by atoms with Crippen LogP contribution in [0.2, 0.25) is 5.02 Å². The molecule has 2 aromatic heterocycles. The van der Waals surface area contributed by atoms with Gasteiger partial charge in [-0.05, 0) is 29.8 Å². The second-order valence-electron chi connectivity index (χ2n) is 4.52. The highest BCUT2D eigenvalue weighted by molar-refractivity contribution is 6.31. The van der Waals surface area contributed by atoms with Crippen molar-refractivity contribution in [2.45, 2.75) is 0 Å². The highest BCUT2D eigenvalue weighted by Gasteiger charge is 2.13. The lowest BCUT2D eigenvalue weighted by Gasteiger charge is -2.12. The van der Waals surface area contributed by atoms with Gasteiger partial charge in [-0.2, -0.15) is 4.98 Å². The van der Waals surface area contributed by atoms with Gasteiger partial charge in [-0.3, -0.25) is 9.20 Å². The third-order valence-corrected chi connectivity index (χ3v) is 3.42. The summed E-state index contributed by atoms with van der Waals surface area (Å²) in [4.78, 5) is 16.4. The summed E-state index contributed by atoms with van der Waals surface area (Å²) in [6.45, 7) is 0. The fourth-order valence-electron chi connectivity index (χ4n) is 2.28. The minimum absolute atomic E-state index is 0.0878. The van der Waals surface area contributed by atoms with Gasteiger partial charge in [-0.15, -0.1) is 0 Å². The molecule has 0 saturated carbocycles. The molecule has 0 bridgehead atoms. The first-order valence-corrected chi connectivity index (χ1v) is 6.67. The van der Waals surface area contributed by atoms with E-state index in [9.17, 15) is 9.90 Å². The second-order valence-corrected chi connectivity index (χ2v) is 4.95. The van der Waals surface area contributed by atoms with Gasteiger partial charge < -0.3 is 10.4 Å². The van der Waals surface area contributed by atoms with E-state index in [0.717, 1.165) is 0 Å². The molecule has 5 nitrogen and oxygen atoms in total. The lowest BCUT2D eigenvalue weighted by molar-refractivity contribution is 0.475. The molecule has 0 spiro atoms. The van der Waals surface area contributed by atoms with Gasteiger partial charge in [-0.25, -0.2) is 0 Å². The van der Waals surface area contributed by atoms with E-state index >= 15 is 0 Å². The van der Waals surface area contributed by atoms with Crippen LogP contribution in [0.25, 0.3) is 16.6 Å². The van der Waals surface area contributed by atoms with Gasteiger partial charge >= 0.3 is 0 Å². The van der Waals surface area contributed by atoms with Gasteiger partial charge in [0.2, 0.25) is 5.95 Å². The molecule has 3 rings (SSSR count). The van der Waals surface area contributed by atoms with Crippen LogP contribution in [0.15, 0.2) is 47.4 Å². The Kier molecular flexibility index (Phi) is 3.27. The Balaban J connectivity index is 2.45. The number of aromatic hydroxyl groups is 1. The van der Waals surface area contributed by atoms with Crippen LogP contribution in [0.3, 0.4) is 0 Å². The van der Waals surface area contributed by atoms with Crippen LogP contribution in [0, 0.1) is 0 Å². The maximum atomic E-state index is 12.3. The molecule has 0 aliphatic heterocycles. The molecule has 21 heavy (non-hydrogen) atoms. The molecule has 0 fully saturated rings. The maximum Gasteiger partial charge on any atom is 0.282 e. The fraction of sp³-hybridized carbons (Fsp3) is 0.0667. The molecule has 6 heteroatoms. The van der Waals surface area contributed by atoms with E-state index in [1.165, 1.54) is 6.07 Å². The minimum Gasteiger partial charge on any atom is -0.508 e. The Morgan fingerprint density at radius 3 is 2.81 bits per heavy atom. The molecule has 0 unspecified atom stereocenters. The summed E-state index contributed by atoms with van der Waals surface area (Å²) in [5.74, 6) is 0.514. The van der Waals surface area contributed by atoms with Crippen LogP contribution in [0.1, 0.15) is 0 Å². The molecule has 106 valence electrons. The molecule has 1 aromatic carbocycles. The first-order chi connectivity index (χ1) is 10.1. The Morgan fingerprint density at radius 1 is 1.29 bits per heavy atom. The average Bonchev–Trinajstić information content (AvgIpc) is 2.46. The first kappa shape index (κ1) is 13.5. The first-order valence-electron chi connectivity index (χ1n) is 6.29. The molecule has 0 amide bonds. The van der Waals surface area contributed by atoms with E-state index in [1.54, 1.807) is 48.0 Å². The number of pyridine rings is 1. The molecule has 2 heterocycles. The van der Waals surface area contributed by atoms with E-state index < -0.39 is 0 Å². The van der Waals surface area contributed by atoms with Gasteiger partial charge in [0.25, 0.3) is 5.56 Å². The van der Waals surface area contributed by atoms with E-state index in [-0.39, 0.29) is 11.3 Å². The SMILES string of the molecule is CNc1nc(=O)c(-c2cccc(O)c2)c2cc(Cl)ccn12. The van der Waals surface area contributed by atoms with Crippen molar-refractivity contribution in [3.63, 3.8) is 0 Å². The average molecular weight is 302 g/mol. The van der Waals surface area contributed by atoms with E-state index in [1.807, 2.05) is 0 Å². The van der Waals surface area contributed by atoms with Crippen LogP contribution < -0.4 is 10.9 Å². The predicted molar refractivity (Wildman–Crippen MR) is 83.1 cm³/mol. The monoisotopic (exact) mass is 301 g/mol. The summed E-state index contributed by atoms with van der Waals surface area (Å²) in [6.07, 6.45) is 1.74. The number of phenols is 1. The summed E-state index contributed by atoms with van der Waals surface area (Å²) in [5.41, 5.74) is 1.23. The van der Waals surface area contributed by atoms with Crippen LogP contribution in [-0.4, -0.2) is 21.5 Å². The minimum atomic E-state index is -0.382. The zero-order chi connectivity index (χ0) is 15.0. The zero-order valence-corrected chi connectivity index (χ0v) is 11.9. The van der Waals surface area contributed by atoms with Gasteiger partial charge in [0.1, 0.15) is 5.75 Å². The predicted octanol–water partition coefficient (Wildman–Crippen LogP) is 2.76. The number of benzene rings is 1. The zero-order valence-electron chi connectivity index (χ0n) is 11.2. The summed E-state index contributed by atoms with van der Waals surface area (Å²) in [7, 11) is 1.69. The van der Waals surface area contributed by atoms with Crippen molar-refractivity contribution in [2.75, 3.05) is 12.4 Å². The molecule has 3 aromatic rings. The Labute approximate surface area is 125 Å². The summed E-state index contributed by atoms with van der Waals surface area (Å²) < 4.78 is 1.74. The third kappa shape index (κ3) is 2.32. The smallest absolute Gasteiger partial charge is 0.282 e. The quantitative estimate of drug-likeness (QED) is 0.764. The van der Waals surface area contributed by atoms with Gasteiger partial charge in [-0.1, -0.05) is 23.7 Å². The van der Waals surface area contributed by atoms with Crippen molar-refractivity contribution in [1.29, 1.82) is 0 Å². The number of hydrogen-bond donors (Lipinski definition) is 2. The highest BCUT2D eigenvalue weighted by Crippen LogP contribution is 2.27. The number of aromatic nitrogens is 2. The van der Waals surface area contributed by atoms with Crippen LogP contribution in [0.4, 0.5) is 5.95 Å². The molecule has 0 aliphatic carbocycles. The Hall–Kier alpha value is -2.53. The van der Waals surface area contributed by atoms with Crippen LogP contribution in [0.5, 0.6) is 5.75 Å². The number of hydrogen-bond acceptors (Lipinski definition) is 4. The maximum absolute atomic E-state index is 12.3. The standard InChI is InChI=1S/C15H12ClN3O2/c1-17-15-18-14(21)13(9-3-2-4-11(20)7-9)12-8-10(16)5-6-19(12)15/h2-8,20H,1H3,(H,17,18,21). The number of anilines is 1. The van der Waals surface area contributed by atoms with Gasteiger partial charge in [0.05, 0.1) is 11.1 Å². The molecule has 0 radical (unpaired) electrons. The number of rotatable bonds is 2. The van der Waals surface area contributed by atoms with Crippen LogP contribution in [-0.2, 0) is 0 Å². The Morgan fingerprint density at radius 2 is 2.10 bits per heavy atom. The lowest BCUT2D eigenvalue weighted by Crippen LogP contribution is -2.16. The Bertz CT molecular complexity index is 890. The number of fused-ring (bicyclic) bond motifs is 1. The van der Waals surface area contributed by atoms with E-state index in [2.05, 4.69) is 10.3 Å². The molecule has 0 saturated heterocycles. The van der Waals surface area contributed by atoms with Gasteiger partial charge in [0.15, 0.2) is 0 Å². The number of phenolic OH excluding ortho intramolecular Hbond substituents is 1. The van der Waals surface area contributed by atoms with Crippen molar-refractivity contribution in [3.05, 3.63) is 58.0 Å². The molecule has 0 atom stereocenters.